The zero-order valence-corrected chi connectivity index (χ0v) is 14.7. The SMILES string of the molecule is CCc1ccc(NC(=O)CN(C)CC2COc3ccccc3O2)cc1. The molecule has 0 fully saturated rings. The maximum atomic E-state index is 12.2. The fourth-order valence-corrected chi connectivity index (χ4v) is 2.83. The zero-order valence-electron chi connectivity index (χ0n) is 14.7. The van der Waals surface area contributed by atoms with Crippen LogP contribution >= 0.6 is 0 Å². The summed E-state index contributed by atoms with van der Waals surface area (Å²) in [6, 6.07) is 15.6. The minimum Gasteiger partial charge on any atom is -0.486 e. The number of hydrogen-bond acceptors (Lipinski definition) is 4. The molecule has 1 aliphatic heterocycles. The van der Waals surface area contributed by atoms with Crippen LogP contribution in [0.3, 0.4) is 0 Å². The lowest BCUT2D eigenvalue weighted by Crippen LogP contribution is -2.42. The molecule has 1 N–H and O–H groups in total. The number of hydrogen-bond donors (Lipinski definition) is 1. The standard InChI is InChI=1S/C20H24N2O3/c1-3-15-8-10-16(11-9-15)21-20(23)13-22(2)12-17-14-24-18-6-4-5-7-19(18)25-17/h4-11,17H,3,12-14H2,1-2H3,(H,21,23). The molecular weight excluding hydrogens is 316 g/mol. The number of ether oxygens (including phenoxy) is 2. The summed E-state index contributed by atoms with van der Waals surface area (Å²) in [5.74, 6) is 1.49. The molecular formula is C20H24N2O3. The predicted molar refractivity (Wildman–Crippen MR) is 98.3 cm³/mol. The number of nitrogens with zero attached hydrogens (tertiary/aromatic N) is 1. The fraction of sp³-hybridized carbons (Fsp3) is 0.350. The number of anilines is 1. The van der Waals surface area contributed by atoms with Crippen molar-refractivity contribution in [2.75, 3.05) is 32.1 Å². The summed E-state index contributed by atoms with van der Waals surface area (Å²) < 4.78 is 11.6. The summed E-state index contributed by atoms with van der Waals surface area (Å²) in [5, 5.41) is 2.92. The molecule has 5 nitrogen and oxygen atoms in total. The summed E-state index contributed by atoms with van der Waals surface area (Å²) in [6.45, 7) is 3.52. The largest absolute Gasteiger partial charge is 0.486 e. The average Bonchev–Trinajstić information content (AvgIpc) is 2.62. The maximum Gasteiger partial charge on any atom is 0.238 e. The number of aryl methyl sites for hydroxylation is 1. The van der Waals surface area contributed by atoms with Gasteiger partial charge in [0.25, 0.3) is 0 Å². The normalized spacial score (nSPS) is 15.9. The summed E-state index contributed by atoms with van der Waals surface area (Å²) >= 11 is 0. The Bertz CT molecular complexity index is 715. The van der Waals surface area contributed by atoms with Gasteiger partial charge < -0.3 is 14.8 Å². The third-order valence-electron chi connectivity index (χ3n) is 4.14. The fourth-order valence-electron chi connectivity index (χ4n) is 2.83. The molecule has 132 valence electrons. The molecule has 0 saturated heterocycles. The molecule has 3 rings (SSSR count). The van der Waals surface area contributed by atoms with Crippen LogP contribution in [0.5, 0.6) is 11.5 Å². The second kappa shape index (κ2) is 8.03. The molecule has 0 saturated carbocycles. The molecule has 0 aliphatic carbocycles. The van der Waals surface area contributed by atoms with E-state index in [9.17, 15) is 4.79 Å². The van der Waals surface area contributed by atoms with E-state index in [1.807, 2.05) is 60.5 Å². The number of nitrogens with one attached hydrogen (secondary N) is 1. The van der Waals surface area contributed by atoms with Crippen molar-refractivity contribution in [2.24, 2.45) is 0 Å². The number of para-hydroxylation sites is 2. The Balaban J connectivity index is 1.47. The van der Waals surface area contributed by atoms with Crippen LogP contribution in [0.15, 0.2) is 48.5 Å². The van der Waals surface area contributed by atoms with Crippen LogP contribution < -0.4 is 14.8 Å². The van der Waals surface area contributed by atoms with Gasteiger partial charge in [-0.15, -0.1) is 0 Å². The second-order valence-corrected chi connectivity index (χ2v) is 6.29. The number of carbonyl (C=O) groups is 1. The first-order valence-electron chi connectivity index (χ1n) is 8.60. The van der Waals surface area contributed by atoms with Gasteiger partial charge >= 0.3 is 0 Å². The molecule has 1 amide bonds. The van der Waals surface area contributed by atoms with Crippen molar-refractivity contribution in [2.45, 2.75) is 19.4 Å². The van der Waals surface area contributed by atoms with E-state index in [2.05, 4.69) is 12.2 Å². The Hall–Kier alpha value is -2.53. The van der Waals surface area contributed by atoms with Gasteiger partial charge in [0.2, 0.25) is 5.91 Å². The van der Waals surface area contributed by atoms with Gasteiger partial charge in [0.05, 0.1) is 6.54 Å². The summed E-state index contributed by atoms with van der Waals surface area (Å²) in [4.78, 5) is 14.1. The first-order chi connectivity index (χ1) is 12.1. The van der Waals surface area contributed by atoms with E-state index in [1.54, 1.807) is 0 Å². The van der Waals surface area contributed by atoms with Gasteiger partial charge in [0, 0.05) is 12.2 Å². The van der Waals surface area contributed by atoms with Crippen molar-refractivity contribution in [3.05, 3.63) is 54.1 Å². The number of fused-ring (bicyclic) bond motifs is 1. The van der Waals surface area contributed by atoms with Gasteiger partial charge in [-0.1, -0.05) is 31.2 Å². The maximum absolute atomic E-state index is 12.2. The minimum absolute atomic E-state index is 0.0381. The number of rotatable bonds is 6. The number of benzene rings is 2. The second-order valence-electron chi connectivity index (χ2n) is 6.29. The highest BCUT2D eigenvalue weighted by atomic mass is 16.6. The number of amides is 1. The van der Waals surface area contributed by atoms with Gasteiger partial charge in [-0.25, -0.2) is 0 Å². The lowest BCUT2D eigenvalue weighted by atomic mass is 10.1. The molecule has 2 aromatic carbocycles. The van der Waals surface area contributed by atoms with Gasteiger partial charge in [0.15, 0.2) is 11.5 Å². The van der Waals surface area contributed by atoms with Crippen molar-refractivity contribution in [3.63, 3.8) is 0 Å². The molecule has 0 aromatic heterocycles. The molecule has 1 heterocycles. The highest BCUT2D eigenvalue weighted by Crippen LogP contribution is 2.30. The Kier molecular flexibility index (Phi) is 5.56. The average molecular weight is 340 g/mol. The highest BCUT2D eigenvalue weighted by Gasteiger charge is 2.22. The molecule has 0 radical (unpaired) electrons. The predicted octanol–water partition coefficient (Wildman–Crippen LogP) is 2.96. The van der Waals surface area contributed by atoms with Crippen LogP contribution in [0.1, 0.15) is 12.5 Å². The van der Waals surface area contributed by atoms with Crippen LogP contribution in [0.2, 0.25) is 0 Å². The number of carbonyl (C=O) groups excluding carboxylic acids is 1. The van der Waals surface area contributed by atoms with Gasteiger partial charge in [0.1, 0.15) is 12.7 Å². The smallest absolute Gasteiger partial charge is 0.238 e. The van der Waals surface area contributed by atoms with Crippen LogP contribution in [0.25, 0.3) is 0 Å². The van der Waals surface area contributed by atoms with Crippen LogP contribution in [-0.2, 0) is 11.2 Å². The Morgan fingerprint density at radius 2 is 1.88 bits per heavy atom. The first-order valence-corrected chi connectivity index (χ1v) is 8.60. The first kappa shape index (κ1) is 17.3. The number of likely N-dealkylation sites (N-methyl/N-ethyl adjacent to an activating group) is 1. The molecule has 1 aliphatic rings. The minimum atomic E-state index is -0.0865. The van der Waals surface area contributed by atoms with E-state index in [1.165, 1.54) is 5.56 Å². The quantitative estimate of drug-likeness (QED) is 0.878. The lowest BCUT2D eigenvalue weighted by Gasteiger charge is -2.29. The van der Waals surface area contributed by atoms with Crippen LogP contribution in [0, 0.1) is 0 Å². The third kappa shape index (κ3) is 4.73. The van der Waals surface area contributed by atoms with Gasteiger partial charge in [-0.05, 0) is 43.3 Å². The molecule has 1 unspecified atom stereocenters. The third-order valence-corrected chi connectivity index (χ3v) is 4.14. The Morgan fingerprint density at radius 1 is 1.16 bits per heavy atom. The van der Waals surface area contributed by atoms with E-state index in [0.29, 0.717) is 19.7 Å². The van der Waals surface area contributed by atoms with Crippen molar-refractivity contribution in [1.82, 2.24) is 4.90 Å². The van der Waals surface area contributed by atoms with Crippen molar-refractivity contribution in [1.29, 1.82) is 0 Å². The molecule has 1 atom stereocenters. The lowest BCUT2D eigenvalue weighted by molar-refractivity contribution is -0.117. The molecule has 0 spiro atoms. The van der Waals surface area contributed by atoms with E-state index < -0.39 is 0 Å². The van der Waals surface area contributed by atoms with E-state index in [-0.39, 0.29) is 12.0 Å². The highest BCUT2D eigenvalue weighted by molar-refractivity contribution is 5.92. The van der Waals surface area contributed by atoms with E-state index >= 15 is 0 Å². The monoisotopic (exact) mass is 340 g/mol. The zero-order chi connectivity index (χ0) is 17.6. The molecule has 2 aromatic rings. The van der Waals surface area contributed by atoms with Gasteiger partial charge in [-0.2, -0.15) is 0 Å². The van der Waals surface area contributed by atoms with Crippen molar-refractivity contribution < 1.29 is 14.3 Å². The van der Waals surface area contributed by atoms with E-state index in [4.69, 9.17) is 9.47 Å². The van der Waals surface area contributed by atoms with E-state index in [0.717, 1.165) is 23.6 Å². The molecule has 0 bridgehead atoms. The van der Waals surface area contributed by atoms with Crippen molar-refractivity contribution >= 4 is 11.6 Å². The summed E-state index contributed by atoms with van der Waals surface area (Å²) in [7, 11) is 1.91. The van der Waals surface area contributed by atoms with Crippen LogP contribution in [-0.4, -0.2) is 43.7 Å². The summed E-state index contributed by atoms with van der Waals surface area (Å²) in [5.41, 5.74) is 2.08. The van der Waals surface area contributed by atoms with Crippen molar-refractivity contribution in [3.8, 4) is 11.5 Å². The molecule has 5 heteroatoms. The van der Waals surface area contributed by atoms with Gasteiger partial charge in [-0.3, -0.25) is 9.69 Å². The summed E-state index contributed by atoms with van der Waals surface area (Å²) in [6.07, 6.45) is 0.903. The topological polar surface area (TPSA) is 50.8 Å². The molecule has 25 heavy (non-hydrogen) atoms. The Labute approximate surface area is 148 Å². The Morgan fingerprint density at radius 3 is 2.60 bits per heavy atom. The van der Waals surface area contributed by atoms with Crippen LogP contribution in [0.4, 0.5) is 5.69 Å².